The number of benzene rings is 1. The van der Waals surface area contributed by atoms with E-state index in [9.17, 15) is 9.90 Å². The fraction of sp³-hybridized carbons (Fsp3) is 0.571. The zero-order chi connectivity index (χ0) is 20.3. The first-order valence-electron chi connectivity index (χ1n) is 9.41. The van der Waals surface area contributed by atoms with E-state index in [-0.39, 0.29) is 13.2 Å². The summed E-state index contributed by atoms with van der Waals surface area (Å²) in [5, 5.41) is 11.0. The molecule has 0 radical (unpaired) electrons. The summed E-state index contributed by atoms with van der Waals surface area (Å²) in [6.07, 6.45) is -3.09. The molecule has 1 saturated heterocycles. The molecule has 3 rings (SSSR count). The smallest absolute Gasteiger partial charge is 0.303 e. The van der Waals surface area contributed by atoms with Crippen molar-refractivity contribution in [3.63, 3.8) is 0 Å². The van der Waals surface area contributed by atoms with E-state index in [2.05, 4.69) is 6.58 Å². The topological polar surface area (TPSA) is 83.5 Å². The van der Waals surface area contributed by atoms with Crippen LogP contribution < -0.4 is 0 Å². The van der Waals surface area contributed by atoms with E-state index in [0.29, 0.717) is 0 Å². The van der Waals surface area contributed by atoms with Crippen molar-refractivity contribution in [2.24, 2.45) is 0 Å². The molecule has 7 heteroatoms. The third-order valence-electron chi connectivity index (χ3n) is 4.80. The first kappa shape index (κ1) is 21.0. The fourth-order valence-electron chi connectivity index (χ4n) is 3.75. The van der Waals surface area contributed by atoms with Crippen LogP contribution in [0.15, 0.2) is 43.0 Å². The molecule has 0 spiro atoms. The highest BCUT2D eigenvalue weighted by atomic mass is 16.8. The van der Waals surface area contributed by atoms with Crippen LogP contribution >= 0.6 is 0 Å². The van der Waals surface area contributed by atoms with Crippen molar-refractivity contribution in [3.8, 4) is 0 Å². The fourth-order valence-corrected chi connectivity index (χ4v) is 3.75. The Bertz CT molecular complexity index is 675. The summed E-state index contributed by atoms with van der Waals surface area (Å²) in [6.45, 7) is 9.02. The highest BCUT2D eigenvalue weighted by Crippen LogP contribution is 2.41. The van der Waals surface area contributed by atoms with Gasteiger partial charge >= 0.3 is 5.97 Å². The zero-order valence-corrected chi connectivity index (χ0v) is 16.4. The number of carbonyl (C=O) groups excluding carboxylic acids is 1. The van der Waals surface area contributed by atoms with Crippen molar-refractivity contribution >= 4 is 5.97 Å². The van der Waals surface area contributed by atoms with Gasteiger partial charge in [0.1, 0.15) is 30.5 Å². The van der Waals surface area contributed by atoms with Crippen LogP contribution in [-0.2, 0) is 35.1 Å². The van der Waals surface area contributed by atoms with Crippen molar-refractivity contribution in [1.29, 1.82) is 0 Å². The minimum Gasteiger partial charge on any atom is -0.457 e. The highest BCUT2D eigenvalue weighted by Gasteiger charge is 2.60. The Morgan fingerprint density at radius 2 is 1.79 bits per heavy atom. The molecule has 6 atom stereocenters. The predicted octanol–water partition coefficient (Wildman–Crippen LogP) is 1.97. The van der Waals surface area contributed by atoms with E-state index in [1.165, 1.54) is 6.92 Å². The first-order valence-corrected chi connectivity index (χ1v) is 9.41. The molecule has 1 saturated carbocycles. The second-order valence-corrected chi connectivity index (χ2v) is 7.48. The molecule has 0 aromatic heterocycles. The average Bonchev–Trinajstić information content (AvgIpc) is 2.96. The minimum absolute atomic E-state index is 0.220. The van der Waals surface area contributed by atoms with Crippen LogP contribution in [0.4, 0.5) is 0 Å². The molecular weight excluding hydrogens is 364 g/mol. The maximum atomic E-state index is 11.7. The van der Waals surface area contributed by atoms with Gasteiger partial charge in [-0.25, -0.2) is 0 Å². The van der Waals surface area contributed by atoms with Gasteiger partial charge in [0.2, 0.25) is 0 Å². The minimum atomic E-state index is -1.14. The lowest BCUT2D eigenvalue weighted by atomic mass is 9.84. The maximum Gasteiger partial charge on any atom is 0.303 e. The monoisotopic (exact) mass is 392 g/mol. The van der Waals surface area contributed by atoms with Gasteiger partial charge in [0.15, 0.2) is 11.9 Å². The number of rotatable bonds is 7. The van der Waals surface area contributed by atoms with E-state index < -0.39 is 48.4 Å². The summed E-state index contributed by atoms with van der Waals surface area (Å²) in [4.78, 5) is 11.7. The standard InChI is InChI=1S/C21H28O7/c1-5-11-24-18-17(26-13(2)22)15(23)16(19-20(18)28-21(3,4)27-19)25-12-14-9-7-6-8-10-14/h5-10,15-20,23H,1,11-12H2,2-4H3/t15-,16-,17+,18-,19-,20+/m0/s1. The number of aliphatic hydroxyl groups is 1. The van der Waals surface area contributed by atoms with Crippen LogP contribution in [0.5, 0.6) is 0 Å². The largest absolute Gasteiger partial charge is 0.457 e. The molecule has 0 bridgehead atoms. The van der Waals surface area contributed by atoms with Crippen molar-refractivity contribution in [2.75, 3.05) is 6.61 Å². The molecule has 1 aromatic carbocycles. The van der Waals surface area contributed by atoms with E-state index in [0.717, 1.165) is 5.56 Å². The van der Waals surface area contributed by atoms with Gasteiger partial charge in [0, 0.05) is 6.92 Å². The number of fused-ring (bicyclic) bond motifs is 1. The van der Waals surface area contributed by atoms with E-state index in [1.54, 1.807) is 19.9 Å². The molecule has 1 N–H and O–H groups in total. The molecule has 0 amide bonds. The van der Waals surface area contributed by atoms with Crippen LogP contribution in [0, 0.1) is 0 Å². The summed E-state index contributed by atoms with van der Waals surface area (Å²) in [7, 11) is 0. The Kier molecular flexibility index (Phi) is 6.52. The van der Waals surface area contributed by atoms with Gasteiger partial charge in [-0.05, 0) is 19.4 Å². The van der Waals surface area contributed by atoms with Crippen molar-refractivity contribution in [1.82, 2.24) is 0 Å². The predicted molar refractivity (Wildman–Crippen MR) is 100 cm³/mol. The normalized spacial score (nSPS) is 33.9. The van der Waals surface area contributed by atoms with Gasteiger partial charge in [0.25, 0.3) is 0 Å². The van der Waals surface area contributed by atoms with E-state index in [1.807, 2.05) is 30.3 Å². The number of esters is 1. The number of hydrogen-bond acceptors (Lipinski definition) is 7. The molecule has 7 nitrogen and oxygen atoms in total. The molecule has 0 unspecified atom stereocenters. The van der Waals surface area contributed by atoms with E-state index >= 15 is 0 Å². The Labute approximate surface area is 165 Å². The molecular formula is C21H28O7. The second kappa shape index (κ2) is 8.71. The van der Waals surface area contributed by atoms with Crippen LogP contribution in [0.1, 0.15) is 26.3 Å². The SMILES string of the molecule is C=CCO[C@@H]1[C@H]2OC(C)(C)O[C@H]2[C@@H](OCc2ccccc2)[C@H](O)[C@H]1OC(C)=O. The summed E-state index contributed by atoms with van der Waals surface area (Å²) in [6, 6.07) is 9.61. The van der Waals surface area contributed by atoms with Crippen LogP contribution in [0.25, 0.3) is 0 Å². The molecule has 2 fully saturated rings. The second-order valence-electron chi connectivity index (χ2n) is 7.48. The van der Waals surface area contributed by atoms with Crippen molar-refractivity contribution in [3.05, 3.63) is 48.6 Å². The summed E-state index contributed by atoms with van der Waals surface area (Å²) >= 11 is 0. The van der Waals surface area contributed by atoms with Crippen molar-refractivity contribution < 1.29 is 33.6 Å². The lowest BCUT2D eigenvalue weighted by Crippen LogP contribution is -2.65. The summed E-state index contributed by atoms with van der Waals surface area (Å²) in [5.41, 5.74) is 0.957. The van der Waals surface area contributed by atoms with Gasteiger partial charge in [-0.15, -0.1) is 6.58 Å². The lowest BCUT2D eigenvalue weighted by Gasteiger charge is -2.44. The zero-order valence-electron chi connectivity index (χ0n) is 16.4. The maximum absolute atomic E-state index is 11.7. The summed E-state index contributed by atoms with van der Waals surface area (Å²) < 4.78 is 29.3. The third-order valence-corrected chi connectivity index (χ3v) is 4.80. The molecule has 2 aliphatic rings. The van der Waals surface area contributed by atoms with Crippen LogP contribution in [-0.4, -0.2) is 60.1 Å². The van der Waals surface area contributed by atoms with Crippen molar-refractivity contribution in [2.45, 2.75) is 69.8 Å². The van der Waals surface area contributed by atoms with E-state index in [4.69, 9.17) is 23.7 Å². The Balaban J connectivity index is 1.85. The Morgan fingerprint density at radius 1 is 1.14 bits per heavy atom. The lowest BCUT2D eigenvalue weighted by molar-refractivity contribution is -0.229. The first-order chi connectivity index (χ1) is 13.3. The Morgan fingerprint density at radius 3 is 2.39 bits per heavy atom. The molecule has 1 heterocycles. The number of aliphatic hydroxyl groups excluding tert-OH is 1. The number of hydrogen-bond donors (Lipinski definition) is 1. The molecule has 1 aliphatic carbocycles. The van der Waals surface area contributed by atoms with Gasteiger partial charge in [-0.2, -0.15) is 0 Å². The molecule has 1 aliphatic heterocycles. The number of carbonyl (C=O) groups is 1. The third kappa shape index (κ3) is 4.61. The molecule has 28 heavy (non-hydrogen) atoms. The quantitative estimate of drug-likeness (QED) is 0.561. The van der Waals surface area contributed by atoms with Gasteiger partial charge < -0.3 is 28.8 Å². The highest BCUT2D eigenvalue weighted by molar-refractivity contribution is 5.66. The van der Waals surface area contributed by atoms with Gasteiger partial charge in [0.05, 0.1) is 13.2 Å². The van der Waals surface area contributed by atoms with Crippen LogP contribution in [0.3, 0.4) is 0 Å². The Hall–Kier alpha value is -1.77. The van der Waals surface area contributed by atoms with Crippen LogP contribution in [0.2, 0.25) is 0 Å². The van der Waals surface area contributed by atoms with Gasteiger partial charge in [-0.3, -0.25) is 4.79 Å². The molecule has 1 aromatic rings. The average molecular weight is 392 g/mol. The van der Waals surface area contributed by atoms with Gasteiger partial charge in [-0.1, -0.05) is 36.4 Å². The summed E-state index contributed by atoms with van der Waals surface area (Å²) in [5.74, 6) is -1.40. The number of ether oxygens (including phenoxy) is 5. The molecule has 154 valence electrons.